The number of aryl methyl sites for hydroxylation is 1. The lowest BCUT2D eigenvalue weighted by atomic mass is 9.92. The van der Waals surface area contributed by atoms with Crippen LogP contribution in [0.1, 0.15) is 49.9 Å². The zero-order valence-electron chi connectivity index (χ0n) is 15.0. The van der Waals surface area contributed by atoms with Crippen molar-refractivity contribution in [2.75, 3.05) is 26.7 Å². The molecule has 0 saturated carbocycles. The van der Waals surface area contributed by atoms with Crippen LogP contribution in [-0.4, -0.2) is 52.3 Å². The molecule has 0 radical (unpaired) electrons. The molecule has 0 aromatic carbocycles. The third kappa shape index (κ3) is 3.15. The molecule has 0 bridgehead atoms. The first-order chi connectivity index (χ1) is 11.5. The summed E-state index contributed by atoms with van der Waals surface area (Å²) in [5.41, 5.74) is 3.35. The average molecular weight is 329 g/mol. The van der Waals surface area contributed by atoms with E-state index < -0.39 is 0 Å². The van der Waals surface area contributed by atoms with Crippen LogP contribution in [0.4, 0.5) is 0 Å². The molecule has 2 aromatic heterocycles. The Morgan fingerprint density at radius 2 is 2.08 bits per heavy atom. The number of likely N-dealkylation sites (tertiary alicyclic amines) is 1. The van der Waals surface area contributed by atoms with Gasteiger partial charge in [0.1, 0.15) is 0 Å². The van der Waals surface area contributed by atoms with Gasteiger partial charge in [-0.25, -0.2) is 9.67 Å². The minimum atomic E-state index is 0.188. The molecule has 0 unspecified atom stereocenters. The highest BCUT2D eigenvalue weighted by Crippen LogP contribution is 2.30. The lowest BCUT2D eigenvalue weighted by Crippen LogP contribution is -2.42. The van der Waals surface area contributed by atoms with E-state index in [0.29, 0.717) is 18.5 Å². The first-order valence-corrected chi connectivity index (χ1v) is 8.78. The lowest BCUT2D eigenvalue weighted by molar-refractivity contribution is -0.131. The van der Waals surface area contributed by atoms with E-state index in [1.165, 1.54) is 5.56 Å². The van der Waals surface area contributed by atoms with Crippen LogP contribution < -0.4 is 5.32 Å². The minimum Gasteiger partial charge on any atom is -0.342 e. The van der Waals surface area contributed by atoms with Gasteiger partial charge < -0.3 is 10.2 Å². The quantitative estimate of drug-likeness (QED) is 0.934. The number of nitrogens with one attached hydrogen (secondary N) is 1. The number of pyridine rings is 1. The van der Waals surface area contributed by atoms with Gasteiger partial charge in [-0.3, -0.25) is 4.79 Å². The Balaban J connectivity index is 1.81. The van der Waals surface area contributed by atoms with Gasteiger partial charge in [0.05, 0.1) is 12.7 Å². The second kappa shape index (κ2) is 6.89. The second-order valence-corrected chi connectivity index (χ2v) is 6.97. The van der Waals surface area contributed by atoms with Gasteiger partial charge in [-0.1, -0.05) is 0 Å². The van der Waals surface area contributed by atoms with Crippen LogP contribution in [0.15, 0.2) is 12.3 Å². The Labute approximate surface area is 143 Å². The maximum atomic E-state index is 12.0. The zero-order chi connectivity index (χ0) is 17.3. The van der Waals surface area contributed by atoms with E-state index in [0.717, 1.165) is 42.7 Å². The van der Waals surface area contributed by atoms with Gasteiger partial charge in [-0.05, 0) is 52.3 Å². The summed E-state index contributed by atoms with van der Waals surface area (Å²) in [6.45, 7) is 8.43. The summed E-state index contributed by atoms with van der Waals surface area (Å²) >= 11 is 0. The van der Waals surface area contributed by atoms with E-state index in [9.17, 15) is 4.79 Å². The summed E-state index contributed by atoms with van der Waals surface area (Å²) in [5.74, 6) is 0.607. The fourth-order valence-corrected chi connectivity index (χ4v) is 3.47. The van der Waals surface area contributed by atoms with Crippen LogP contribution in [0.25, 0.3) is 11.0 Å². The van der Waals surface area contributed by atoms with Crippen LogP contribution in [0, 0.1) is 6.92 Å². The lowest BCUT2D eigenvalue weighted by Gasteiger charge is -2.32. The summed E-state index contributed by atoms with van der Waals surface area (Å²) in [6, 6.07) is 2.50. The highest BCUT2D eigenvalue weighted by molar-refractivity contribution is 5.79. The highest BCUT2D eigenvalue weighted by atomic mass is 16.2. The molecule has 130 valence electrons. The SMILES string of the molecule is CNCC(=O)N1CCC(c2cc(C)c3cnn(C(C)C)c3n2)CC1. The molecular weight excluding hydrogens is 302 g/mol. The number of amides is 1. The van der Waals surface area contributed by atoms with Crippen molar-refractivity contribution in [1.82, 2.24) is 25.0 Å². The fourth-order valence-electron chi connectivity index (χ4n) is 3.47. The van der Waals surface area contributed by atoms with Gasteiger partial charge in [0, 0.05) is 36.1 Å². The number of nitrogens with zero attached hydrogens (tertiary/aromatic N) is 4. The molecule has 1 fully saturated rings. The summed E-state index contributed by atoms with van der Waals surface area (Å²) in [6.07, 6.45) is 3.87. The van der Waals surface area contributed by atoms with Crippen LogP contribution >= 0.6 is 0 Å². The first-order valence-electron chi connectivity index (χ1n) is 8.78. The van der Waals surface area contributed by atoms with Crippen LogP contribution in [0.3, 0.4) is 0 Å². The maximum Gasteiger partial charge on any atom is 0.236 e. The minimum absolute atomic E-state index is 0.188. The molecule has 3 rings (SSSR count). The standard InChI is InChI=1S/C18H27N5O/c1-12(2)23-18-15(10-20-23)13(3)9-16(21-18)14-5-7-22(8-6-14)17(24)11-19-4/h9-10,12,14,19H,5-8,11H2,1-4H3. The number of carbonyl (C=O) groups is 1. The molecule has 1 aliphatic heterocycles. The molecule has 0 spiro atoms. The van der Waals surface area contributed by atoms with Crippen molar-refractivity contribution in [2.24, 2.45) is 0 Å². The van der Waals surface area contributed by atoms with Gasteiger partial charge in [0.25, 0.3) is 0 Å². The number of likely N-dealkylation sites (N-methyl/N-ethyl adjacent to an activating group) is 1. The predicted molar refractivity (Wildman–Crippen MR) is 95.1 cm³/mol. The van der Waals surface area contributed by atoms with Crippen molar-refractivity contribution in [3.8, 4) is 0 Å². The smallest absolute Gasteiger partial charge is 0.236 e. The molecule has 3 heterocycles. The molecule has 1 amide bonds. The maximum absolute atomic E-state index is 12.0. The summed E-state index contributed by atoms with van der Waals surface area (Å²) in [7, 11) is 1.81. The fraction of sp³-hybridized carbons (Fsp3) is 0.611. The molecule has 6 nitrogen and oxygen atoms in total. The molecule has 1 aliphatic rings. The molecule has 1 saturated heterocycles. The average Bonchev–Trinajstić information content (AvgIpc) is 3.00. The van der Waals surface area contributed by atoms with Gasteiger partial charge in [-0.15, -0.1) is 0 Å². The Morgan fingerprint density at radius 1 is 1.38 bits per heavy atom. The molecule has 24 heavy (non-hydrogen) atoms. The van der Waals surface area contributed by atoms with E-state index in [4.69, 9.17) is 4.98 Å². The van der Waals surface area contributed by atoms with Gasteiger partial charge in [0.2, 0.25) is 5.91 Å². The summed E-state index contributed by atoms with van der Waals surface area (Å²) in [4.78, 5) is 18.9. The number of fused-ring (bicyclic) bond motifs is 1. The first kappa shape index (κ1) is 16.9. The number of aromatic nitrogens is 3. The third-order valence-electron chi connectivity index (χ3n) is 4.88. The van der Waals surface area contributed by atoms with E-state index in [-0.39, 0.29) is 5.91 Å². The largest absolute Gasteiger partial charge is 0.342 e. The van der Waals surface area contributed by atoms with E-state index >= 15 is 0 Å². The summed E-state index contributed by atoms with van der Waals surface area (Å²) < 4.78 is 2.00. The van der Waals surface area contributed by atoms with E-state index in [1.807, 2.05) is 22.8 Å². The normalized spacial score (nSPS) is 16.3. The number of piperidine rings is 1. The number of hydrogen-bond donors (Lipinski definition) is 1. The summed E-state index contributed by atoms with van der Waals surface area (Å²) in [5, 5.41) is 8.56. The van der Waals surface area contributed by atoms with E-state index in [1.54, 1.807) is 0 Å². The number of rotatable bonds is 4. The van der Waals surface area contributed by atoms with Crippen molar-refractivity contribution in [3.63, 3.8) is 0 Å². The second-order valence-electron chi connectivity index (χ2n) is 6.97. The van der Waals surface area contributed by atoms with Crippen molar-refractivity contribution >= 4 is 16.9 Å². The van der Waals surface area contributed by atoms with Crippen molar-refractivity contribution in [1.29, 1.82) is 0 Å². The molecule has 6 heteroatoms. The molecule has 0 atom stereocenters. The predicted octanol–water partition coefficient (Wildman–Crippen LogP) is 2.25. The highest BCUT2D eigenvalue weighted by Gasteiger charge is 2.25. The van der Waals surface area contributed by atoms with Crippen molar-refractivity contribution < 1.29 is 4.79 Å². The zero-order valence-corrected chi connectivity index (χ0v) is 15.0. The van der Waals surface area contributed by atoms with Gasteiger partial charge in [-0.2, -0.15) is 5.10 Å². The van der Waals surface area contributed by atoms with Crippen LogP contribution in [0.5, 0.6) is 0 Å². The number of hydrogen-bond acceptors (Lipinski definition) is 4. The Morgan fingerprint density at radius 3 is 2.71 bits per heavy atom. The van der Waals surface area contributed by atoms with Crippen molar-refractivity contribution in [3.05, 3.63) is 23.5 Å². The topological polar surface area (TPSA) is 63.1 Å². The van der Waals surface area contributed by atoms with E-state index in [2.05, 4.69) is 37.3 Å². The van der Waals surface area contributed by atoms with Crippen LogP contribution in [0.2, 0.25) is 0 Å². The Kier molecular flexibility index (Phi) is 4.85. The number of carbonyl (C=O) groups excluding carboxylic acids is 1. The monoisotopic (exact) mass is 329 g/mol. The molecule has 0 aliphatic carbocycles. The Hall–Kier alpha value is -1.95. The Bertz CT molecular complexity index is 728. The van der Waals surface area contributed by atoms with Crippen LogP contribution in [-0.2, 0) is 4.79 Å². The van der Waals surface area contributed by atoms with Gasteiger partial charge >= 0.3 is 0 Å². The third-order valence-corrected chi connectivity index (χ3v) is 4.88. The van der Waals surface area contributed by atoms with Gasteiger partial charge in [0.15, 0.2) is 5.65 Å². The molecule has 2 aromatic rings. The molecular formula is C18H27N5O. The van der Waals surface area contributed by atoms with Crippen molar-refractivity contribution in [2.45, 2.75) is 45.6 Å². The molecule has 1 N–H and O–H groups in total.